The van der Waals surface area contributed by atoms with Crippen LogP contribution in [-0.4, -0.2) is 35.1 Å². The van der Waals surface area contributed by atoms with Crippen LogP contribution in [0.15, 0.2) is 12.4 Å². The van der Waals surface area contributed by atoms with Crippen LogP contribution in [0.5, 0.6) is 0 Å². The van der Waals surface area contributed by atoms with Crippen molar-refractivity contribution in [1.82, 2.24) is 20.6 Å². The molecule has 96 valence electrons. The summed E-state index contributed by atoms with van der Waals surface area (Å²) < 4.78 is 0. The van der Waals surface area contributed by atoms with Crippen molar-refractivity contribution in [3.05, 3.63) is 18.2 Å². The van der Waals surface area contributed by atoms with Crippen LogP contribution < -0.4 is 10.6 Å². The second-order valence-electron chi connectivity index (χ2n) is 5.02. The van der Waals surface area contributed by atoms with Crippen molar-refractivity contribution in [3.63, 3.8) is 0 Å². The summed E-state index contributed by atoms with van der Waals surface area (Å²) >= 11 is 0. The van der Waals surface area contributed by atoms with Crippen molar-refractivity contribution in [1.29, 1.82) is 0 Å². The molecule has 4 heteroatoms. The van der Waals surface area contributed by atoms with E-state index in [-0.39, 0.29) is 0 Å². The molecule has 1 saturated heterocycles. The van der Waals surface area contributed by atoms with Gasteiger partial charge in [-0.25, -0.2) is 4.98 Å². The number of rotatable bonds is 7. The summed E-state index contributed by atoms with van der Waals surface area (Å²) in [5.74, 6) is 1.09. The highest BCUT2D eigenvalue weighted by molar-refractivity contribution is 4.87. The molecule has 4 nitrogen and oxygen atoms in total. The molecule has 3 N–H and O–H groups in total. The average molecular weight is 236 g/mol. The van der Waals surface area contributed by atoms with Gasteiger partial charge in [0.2, 0.25) is 0 Å². The molecule has 1 aromatic heterocycles. The van der Waals surface area contributed by atoms with Crippen molar-refractivity contribution in [2.45, 2.75) is 51.1 Å². The molecule has 2 rings (SSSR count). The topological polar surface area (TPSA) is 52.7 Å². The van der Waals surface area contributed by atoms with Gasteiger partial charge >= 0.3 is 0 Å². The maximum atomic E-state index is 4.22. The second kappa shape index (κ2) is 6.77. The van der Waals surface area contributed by atoms with Gasteiger partial charge in [0.05, 0.1) is 0 Å². The molecule has 1 aromatic rings. The first kappa shape index (κ1) is 12.6. The van der Waals surface area contributed by atoms with E-state index in [2.05, 4.69) is 27.5 Å². The van der Waals surface area contributed by atoms with E-state index in [4.69, 9.17) is 0 Å². The molecular formula is C13H24N4. The molecule has 0 saturated carbocycles. The number of imidazole rings is 1. The largest absolute Gasteiger partial charge is 0.349 e. The molecule has 0 amide bonds. The Morgan fingerprint density at radius 3 is 3.24 bits per heavy atom. The molecule has 0 aliphatic carbocycles. The molecule has 0 bridgehead atoms. The smallest absolute Gasteiger partial charge is 0.106 e. The maximum Gasteiger partial charge on any atom is 0.106 e. The fourth-order valence-corrected chi connectivity index (χ4v) is 2.51. The third kappa shape index (κ3) is 4.48. The van der Waals surface area contributed by atoms with E-state index in [9.17, 15) is 0 Å². The van der Waals surface area contributed by atoms with E-state index >= 15 is 0 Å². The fraction of sp³-hybridized carbons (Fsp3) is 0.769. The molecule has 0 aromatic carbocycles. The number of H-pyrrole nitrogens is 1. The molecule has 1 aliphatic heterocycles. The van der Waals surface area contributed by atoms with Crippen LogP contribution in [0.4, 0.5) is 0 Å². The lowest BCUT2D eigenvalue weighted by molar-refractivity contribution is 0.437. The van der Waals surface area contributed by atoms with Gasteiger partial charge < -0.3 is 15.6 Å². The summed E-state index contributed by atoms with van der Waals surface area (Å²) in [6.07, 6.45) is 9.83. The summed E-state index contributed by atoms with van der Waals surface area (Å²) in [6, 6.07) is 1.35. The molecular weight excluding hydrogens is 212 g/mol. The predicted octanol–water partition coefficient (Wildman–Crippen LogP) is 1.46. The number of aryl methyl sites for hydroxylation is 1. The molecule has 0 radical (unpaired) electrons. The molecule has 1 fully saturated rings. The standard InChI is InChI=1S/C13H24N4/c1-11(10-12-4-2-7-15-12)14-6-3-5-13-16-8-9-17-13/h8-9,11-12,14-15H,2-7,10H2,1H3,(H,16,17). The van der Waals surface area contributed by atoms with E-state index in [0.29, 0.717) is 6.04 Å². The number of nitrogens with zero attached hydrogens (tertiary/aromatic N) is 1. The Labute approximate surface area is 104 Å². The van der Waals surface area contributed by atoms with Crippen molar-refractivity contribution in [2.24, 2.45) is 0 Å². The quantitative estimate of drug-likeness (QED) is 0.628. The van der Waals surface area contributed by atoms with Crippen LogP contribution in [-0.2, 0) is 6.42 Å². The van der Waals surface area contributed by atoms with Crippen molar-refractivity contribution >= 4 is 0 Å². The summed E-state index contributed by atoms with van der Waals surface area (Å²) in [6.45, 7) is 4.57. The third-order valence-corrected chi connectivity index (χ3v) is 3.44. The van der Waals surface area contributed by atoms with Crippen LogP contribution in [0, 0.1) is 0 Å². The van der Waals surface area contributed by atoms with E-state index in [1.807, 2.05) is 12.4 Å². The highest BCUT2D eigenvalue weighted by Crippen LogP contribution is 2.10. The lowest BCUT2D eigenvalue weighted by Gasteiger charge is -2.18. The minimum atomic E-state index is 0.613. The molecule has 2 atom stereocenters. The first-order chi connectivity index (χ1) is 8.34. The van der Waals surface area contributed by atoms with E-state index in [0.717, 1.165) is 31.3 Å². The third-order valence-electron chi connectivity index (χ3n) is 3.44. The van der Waals surface area contributed by atoms with Crippen LogP contribution in [0.25, 0.3) is 0 Å². The minimum absolute atomic E-state index is 0.613. The Bertz CT molecular complexity index is 290. The fourth-order valence-electron chi connectivity index (χ4n) is 2.51. The van der Waals surface area contributed by atoms with Gasteiger partial charge in [0, 0.05) is 30.9 Å². The first-order valence-electron chi connectivity index (χ1n) is 6.79. The predicted molar refractivity (Wildman–Crippen MR) is 70.0 cm³/mol. The lowest BCUT2D eigenvalue weighted by Crippen LogP contribution is -2.34. The molecule has 17 heavy (non-hydrogen) atoms. The second-order valence-corrected chi connectivity index (χ2v) is 5.02. The van der Waals surface area contributed by atoms with Crippen molar-refractivity contribution in [2.75, 3.05) is 13.1 Å². The van der Waals surface area contributed by atoms with E-state index in [1.54, 1.807) is 0 Å². The highest BCUT2D eigenvalue weighted by Gasteiger charge is 2.16. The van der Waals surface area contributed by atoms with Crippen molar-refractivity contribution < 1.29 is 0 Å². The average Bonchev–Trinajstić information content (AvgIpc) is 2.96. The normalized spacial score (nSPS) is 21.8. The Balaban J connectivity index is 1.52. The summed E-state index contributed by atoms with van der Waals surface area (Å²) in [7, 11) is 0. The van der Waals surface area contributed by atoms with Gasteiger partial charge in [-0.15, -0.1) is 0 Å². The Morgan fingerprint density at radius 1 is 1.59 bits per heavy atom. The number of nitrogens with one attached hydrogen (secondary N) is 3. The summed E-state index contributed by atoms with van der Waals surface area (Å²) in [5.41, 5.74) is 0. The Kier molecular flexibility index (Phi) is 5.01. The highest BCUT2D eigenvalue weighted by atomic mass is 15.0. The summed E-state index contributed by atoms with van der Waals surface area (Å²) in [4.78, 5) is 7.36. The van der Waals surface area contributed by atoms with Crippen LogP contribution in [0.3, 0.4) is 0 Å². The maximum absolute atomic E-state index is 4.22. The van der Waals surface area contributed by atoms with Crippen LogP contribution in [0.1, 0.15) is 38.4 Å². The number of aromatic nitrogens is 2. The zero-order chi connectivity index (χ0) is 11.9. The molecule has 1 aliphatic rings. The number of aromatic amines is 1. The van der Waals surface area contributed by atoms with Gasteiger partial charge in [-0.2, -0.15) is 0 Å². The van der Waals surface area contributed by atoms with Gasteiger partial charge in [-0.05, 0) is 45.7 Å². The molecule has 2 unspecified atom stereocenters. The Hall–Kier alpha value is -0.870. The lowest BCUT2D eigenvalue weighted by atomic mass is 10.1. The van der Waals surface area contributed by atoms with Gasteiger partial charge in [0.1, 0.15) is 5.82 Å². The van der Waals surface area contributed by atoms with Gasteiger partial charge in [-0.3, -0.25) is 0 Å². The summed E-state index contributed by atoms with van der Waals surface area (Å²) in [5, 5.41) is 7.14. The zero-order valence-corrected chi connectivity index (χ0v) is 10.7. The minimum Gasteiger partial charge on any atom is -0.349 e. The number of hydrogen-bond acceptors (Lipinski definition) is 3. The Morgan fingerprint density at radius 2 is 2.53 bits per heavy atom. The van der Waals surface area contributed by atoms with Crippen molar-refractivity contribution in [3.8, 4) is 0 Å². The molecule has 0 spiro atoms. The van der Waals surface area contributed by atoms with Gasteiger partial charge in [-0.1, -0.05) is 0 Å². The molecule has 2 heterocycles. The van der Waals surface area contributed by atoms with E-state index in [1.165, 1.54) is 25.8 Å². The SMILES string of the molecule is CC(CC1CCCN1)NCCCc1ncc[nH]1. The number of hydrogen-bond donors (Lipinski definition) is 3. The zero-order valence-electron chi connectivity index (χ0n) is 10.7. The first-order valence-corrected chi connectivity index (χ1v) is 6.79. The van der Waals surface area contributed by atoms with Crippen LogP contribution >= 0.6 is 0 Å². The van der Waals surface area contributed by atoms with Crippen LogP contribution in [0.2, 0.25) is 0 Å². The monoisotopic (exact) mass is 236 g/mol. The van der Waals surface area contributed by atoms with E-state index < -0.39 is 0 Å². The van der Waals surface area contributed by atoms with Gasteiger partial charge in [0.25, 0.3) is 0 Å². The van der Waals surface area contributed by atoms with Gasteiger partial charge in [0.15, 0.2) is 0 Å².